The first kappa shape index (κ1) is 21.3. The number of amides is 1. The van der Waals surface area contributed by atoms with E-state index in [4.69, 9.17) is 11.6 Å². The number of hydrogen-bond acceptors (Lipinski definition) is 4. The van der Waals surface area contributed by atoms with Crippen molar-refractivity contribution in [2.24, 2.45) is 0 Å². The Kier molecular flexibility index (Phi) is 6.46. The fourth-order valence-corrected chi connectivity index (χ4v) is 6.32. The molecule has 9 heteroatoms. The summed E-state index contributed by atoms with van der Waals surface area (Å²) in [5.41, 5.74) is 0.256. The summed E-state index contributed by atoms with van der Waals surface area (Å²) in [5, 5.41) is 7.42. The van der Waals surface area contributed by atoms with Crippen molar-refractivity contribution < 1.29 is 13.2 Å². The van der Waals surface area contributed by atoms with E-state index >= 15 is 0 Å². The van der Waals surface area contributed by atoms with Crippen LogP contribution in [0.2, 0.25) is 5.02 Å². The summed E-state index contributed by atoms with van der Waals surface area (Å²) < 4.78 is 29.4. The van der Waals surface area contributed by atoms with Crippen LogP contribution in [0.15, 0.2) is 35.4 Å². The van der Waals surface area contributed by atoms with Gasteiger partial charge in [-0.05, 0) is 43.9 Å². The maximum atomic E-state index is 13.1. The molecule has 0 atom stereocenters. The van der Waals surface area contributed by atoms with Crippen LogP contribution >= 0.6 is 11.6 Å². The zero-order chi connectivity index (χ0) is 21.1. The fraction of sp³-hybridized carbons (Fsp3) is 0.524. The molecule has 0 unspecified atom stereocenters. The molecule has 1 N–H and O–H groups in total. The predicted octanol–water partition coefficient (Wildman–Crippen LogP) is 4.47. The molecule has 30 heavy (non-hydrogen) atoms. The highest BCUT2D eigenvalue weighted by atomic mass is 35.5. The molecule has 0 spiro atoms. The van der Waals surface area contributed by atoms with Crippen LogP contribution in [0, 0.1) is 0 Å². The van der Waals surface area contributed by atoms with Crippen LogP contribution < -0.4 is 5.32 Å². The van der Waals surface area contributed by atoms with Crippen molar-refractivity contribution in [1.29, 1.82) is 0 Å². The minimum atomic E-state index is -3.73. The third kappa shape index (κ3) is 4.40. The van der Waals surface area contributed by atoms with E-state index in [9.17, 15) is 13.2 Å². The van der Waals surface area contributed by atoms with Gasteiger partial charge in [0.1, 0.15) is 10.7 Å². The second-order valence-electron chi connectivity index (χ2n) is 8.02. The van der Waals surface area contributed by atoms with Gasteiger partial charge in [0, 0.05) is 24.7 Å². The van der Waals surface area contributed by atoms with Crippen molar-refractivity contribution in [3.8, 4) is 0 Å². The number of piperidine rings is 1. The van der Waals surface area contributed by atoms with Crippen LogP contribution in [0.5, 0.6) is 0 Å². The van der Waals surface area contributed by atoms with Gasteiger partial charge in [-0.2, -0.15) is 9.40 Å². The molecule has 2 aromatic rings. The number of benzene rings is 1. The first-order valence-corrected chi connectivity index (χ1v) is 12.4. The summed E-state index contributed by atoms with van der Waals surface area (Å²) in [6.45, 7) is 0.964. The Balaban J connectivity index is 1.56. The number of halogens is 1. The number of sulfonamides is 1. The van der Waals surface area contributed by atoms with Gasteiger partial charge < -0.3 is 5.32 Å². The molecular weight excluding hydrogens is 424 g/mol. The molecule has 1 aliphatic heterocycles. The Morgan fingerprint density at radius 2 is 1.73 bits per heavy atom. The maximum Gasteiger partial charge on any atom is 0.256 e. The number of carbonyl (C=O) groups is 1. The molecule has 2 fully saturated rings. The fourth-order valence-electron chi connectivity index (χ4n) is 4.30. The van der Waals surface area contributed by atoms with Crippen molar-refractivity contribution >= 4 is 33.3 Å². The van der Waals surface area contributed by atoms with E-state index in [1.807, 2.05) is 4.68 Å². The Hall–Kier alpha value is -1.90. The van der Waals surface area contributed by atoms with Gasteiger partial charge in [0.25, 0.3) is 5.91 Å². The Bertz CT molecular complexity index is 1010. The van der Waals surface area contributed by atoms with E-state index in [1.54, 1.807) is 18.3 Å². The highest BCUT2D eigenvalue weighted by Crippen LogP contribution is 2.31. The minimum Gasteiger partial charge on any atom is -0.307 e. The smallest absolute Gasteiger partial charge is 0.256 e. The van der Waals surface area contributed by atoms with Gasteiger partial charge >= 0.3 is 0 Å². The van der Waals surface area contributed by atoms with Gasteiger partial charge in [0.2, 0.25) is 10.0 Å². The summed E-state index contributed by atoms with van der Waals surface area (Å²) in [4.78, 5) is 12.9. The summed E-state index contributed by atoms with van der Waals surface area (Å²) in [6, 6.07) is 6.46. The summed E-state index contributed by atoms with van der Waals surface area (Å²) in [5.74, 6) is 0.251. The van der Waals surface area contributed by atoms with E-state index in [0.29, 0.717) is 18.9 Å². The summed E-state index contributed by atoms with van der Waals surface area (Å²) >= 11 is 6.22. The van der Waals surface area contributed by atoms with Crippen molar-refractivity contribution in [1.82, 2.24) is 14.1 Å². The minimum absolute atomic E-state index is 0.0143. The molecule has 1 aliphatic carbocycles. The third-order valence-electron chi connectivity index (χ3n) is 5.96. The zero-order valence-electron chi connectivity index (χ0n) is 16.9. The molecule has 7 nitrogen and oxygen atoms in total. The molecule has 1 saturated heterocycles. The second-order valence-corrected chi connectivity index (χ2v) is 10.3. The van der Waals surface area contributed by atoms with Crippen molar-refractivity contribution in [2.75, 3.05) is 18.4 Å². The van der Waals surface area contributed by atoms with Crippen molar-refractivity contribution in [3.05, 3.63) is 41.0 Å². The average molecular weight is 451 g/mol. The van der Waals surface area contributed by atoms with Gasteiger partial charge in [-0.15, -0.1) is 0 Å². The molecule has 1 saturated carbocycles. The number of nitrogens with zero attached hydrogens (tertiary/aromatic N) is 3. The number of nitrogens with one attached hydrogen (secondary N) is 1. The normalized spacial score (nSPS) is 19.0. The quantitative estimate of drug-likeness (QED) is 0.728. The third-order valence-corrected chi connectivity index (χ3v) is 8.34. The van der Waals surface area contributed by atoms with Crippen molar-refractivity contribution in [3.63, 3.8) is 0 Å². The number of hydrogen-bond donors (Lipinski definition) is 1. The number of aromatic nitrogens is 2. The lowest BCUT2D eigenvalue weighted by Crippen LogP contribution is -2.35. The monoisotopic (exact) mass is 450 g/mol. The number of rotatable bonds is 5. The largest absolute Gasteiger partial charge is 0.307 e. The van der Waals surface area contributed by atoms with Gasteiger partial charge in [-0.1, -0.05) is 37.3 Å². The molecule has 2 heterocycles. The lowest BCUT2D eigenvalue weighted by molar-refractivity contribution is 0.102. The molecule has 4 rings (SSSR count). The highest BCUT2D eigenvalue weighted by Gasteiger charge is 2.29. The first-order chi connectivity index (χ1) is 14.5. The van der Waals surface area contributed by atoms with E-state index in [2.05, 4.69) is 10.4 Å². The molecule has 1 amide bonds. The van der Waals surface area contributed by atoms with Gasteiger partial charge in [-0.25, -0.2) is 13.1 Å². The SMILES string of the molecule is O=C(Nc1ccnn1C1CCCCC1)c1ccc(Cl)c(S(=O)(=O)N2CCCCC2)c1. The lowest BCUT2D eigenvalue weighted by atomic mass is 9.96. The molecule has 162 valence electrons. The first-order valence-electron chi connectivity index (χ1n) is 10.6. The van der Waals surface area contributed by atoms with Crippen molar-refractivity contribution in [2.45, 2.75) is 62.3 Å². The zero-order valence-corrected chi connectivity index (χ0v) is 18.5. The molecule has 0 radical (unpaired) electrons. The highest BCUT2D eigenvalue weighted by molar-refractivity contribution is 7.89. The van der Waals surface area contributed by atoms with Gasteiger partial charge in [0.05, 0.1) is 17.3 Å². The van der Waals surface area contributed by atoms with E-state index < -0.39 is 10.0 Å². The predicted molar refractivity (Wildman–Crippen MR) is 116 cm³/mol. The maximum absolute atomic E-state index is 13.1. The second kappa shape index (κ2) is 9.08. The van der Waals surface area contributed by atoms with E-state index in [0.717, 1.165) is 44.9 Å². The van der Waals surface area contributed by atoms with Crippen LogP contribution in [-0.4, -0.2) is 41.5 Å². The van der Waals surface area contributed by atoms with Gasteiger partial charge in [0.15, 0.2) is 0 Å². The van der Waals surface area contributed by atoms with E-state index in [1.165, 1.54) is 22.9 Å². The van der Waals surface area contributed by atoms with Crippen LogP contribution in [0.3, 0.4) is 0 Å². The Morgan fingerprint density at radius 1 is 1.03 bits per heavy atom. The van der Waals surface area contributed by atoms with Gasteiger partial charge in [-0.3, -0.25) is 4.79 Å². The molecule has 2 aliphatic rings. The van der Waals surface area contributed by atoms with E-state index in [-0.39, 0.29) is 27.4 Å². The standard InChI is InChI=1S/C21H27ClN4O3S/c22-18-10-9-16(15-19(18)30(28,29)25-13-5-2-6-14-25)21(27)24-20-11-12-23-26(20)17-7-3-1-4-8-17/h9-12,15,17H,1-8,13-14H2,(H,24,27). The number of anilines is 1. The summed E-state index contributed by atoms with van der Waals surface area (Å²) in [7, 11) is -3.73. The average Bonchev–Trinajstić information content (AvgIpc) is 3.23. The van der Waals surface area contributed by atoms with Crippen LogP contribution in [0.1, 0.15) is 67.8 Å². The molecule has 1 aromatic heterocycles. The van der Waals surface area contributed by atoms with Crippen LogP contribution in [0.25, 0.3) is 0 Å². The molecular formula is C21H27ClN4O3S. The molecule has 1 aromatic carbocycles. The topological polar surface area (TPSA) is 84.3 Å². The summed E-state index contributed by atoms with van der Waals surface area (Å²) in [6.07, 6.45) is 10.0. The number of carbonyl (C=O) groups excluding carboxylic acids is 1. The molecule has 0 bridgehead atoms. The Labute approximate surface area is 182 Å². The lowest BCUT2D eigenvalue weighted by Gasteiger charge is -2.26. The Morgan fingerprint density at radius 3 is 2.47 bits per heavy atom. The van der Waals surface area contributed by atoms with Crippen LogP contribution in [0.4, 0.5) is 5.82 Å². The van der Waals surface area contributed by atoms with Crippen LogP contribution in [-0.2, 0) is 10.0 Å².